The summed E-state index contributed by atoms with van der Waals surface area (Å²) < 4.78 is 25.7. The zero-order valence-corrected chi connectivity index (χ0v) is 6.83. The molecule has 0 aromatic rings. The maximum absolute atomic E-state index is 10.9. The molecule has 1 heterocycles. The summed E-state index contributed by atoms with van der Waals surface area (Å²) in [5.74, 6) is -1.78. The third kappa shape index (κ3) is 1.62. The molecule has 1 unspecified atom stereocenters. The maximum atomic E-state index is 10.9. The Morgan fingerprint density at radius 2 is 2.00 bits per heavy atom. The SMILES string of the molecule is NS(=O)(=O)C1C(=O)CCOC1=O. The van der Waals surface area contributed by atoms with Crippen molar-refractivity contribution in [2.75, 3.05) is 6.61 Å². The third-order valence-electron chi connectivity index (χ3n) is 1.43. The molecule has 0 radical (unpaired) electrons. The Bertz CT molecular complexity index is 303. The number of carbonyl (C=O) groups is 2. The summed E-state index contributed by atoms with van der Waals surface area (Å²) in [7, 11) is -4.15. The van der Waals surface area contributed by atoms with Gasteiger partial charge in [0, 0.05) is 6.42 Å². The van der Waals surface area contributed by atoms with Crippen LogP contribution in [0.5, 0.6) is 0 Å². The van der Waals surface area contributed by atoms with E-state index in [-0.39, 0.29) is 13.0 Å². The van der Waals surface area contributed by atoms with Gasteiger partial charge >= 0.3 is 5.97 Å². The molecule has 12 heavy (non-hydrogen) atoms. The van der Waals surface area contributed by atoms with Crippen LogP contribution in [-0.2, 0) is 24.3 Å². The molecule has 1 fully saturated rings. The molecule has 0 aromatic heterocycles. The monoisotopic (exact) mass is 193 g/mol. The number of carbonyl (C=O) groups excluding carboxylic acids is 2. The van der Waals surface area contributed by atoms with Crippen LogP contribution in [0.4, 0.5) is 0 Å². The molecule has 0 amide bonds. The lowest BCUT2D eigenvalue weighted by Gasteiger charge is -2.17. The first-order valence-corrected chi connectivity index (χ1v) is 4.75. The molecule has 6 nitrogen and oxygen atoms in total. The van der Waals surface area contributed by atoms with Crippen molar-refractivity contribution in [3.8, 4) is 0 Å². The average molecular weight is 193 g/mol. The van der Waals surface area contributed by atoms with Gasteiger partial charge in [-0.15, -0.1) is 0 Å². The highest BCUT2D eigenvalue weighted by Gasteiger charge is 2.40. The van der Waals surface area contributed by atoms with Crippen molar-refractivity contribution in [2.24, 2.45) is 5.14 Å². The lowest BCUT2D eigenvalue weighted by atomic mass is 10.2. The van der Waals surface area contributed by atoms with Crippen molar-refractivity contribution in [3.63, 3.8) is 0 Å². The predicted octanol–water partition coefficient (Wildman–Crippen LogP) is -1.84. The van der Waals surface area contributed by atoms with E-state index < -0.39 is 27.0 Å². The van der Waals surface area contributed by atoms with Crippen molar-refractivity contribution >= 4 is 21.8 Å². The molecule has 1 atom stereocenters. The molecular formula is C5H7NO5S. The summed E-state index contributed by atoms with van der Waals surface area (Å²) >= 11 is 0. The van der Waals surface area contributed by atoms with E-state index in [2.05, 4.69) is 9.88 Å². The minimum absolute atomic E-state index is 0.0658. The molecule has 0 aliphatic carbocycles. The van der Waals surface area contributed by atoms with Gasteiger partial charge in [-0.05, 0) is 0 Å². The van der Waals surface area contributed by atoms with Gasteiger partial charge in [0.1, 0.15) is 0 Å². The van der Waals surface area contributed by atoms with Crippen LogP contribution in [0.1, 0.15) is 6.42 Å². The van der Waals surface area contributed by atoms with Gasteiger partial charge in [0.2, 0.25) is 15.3 Å². The zero-order chi connectivity index (χ0) is 9.35. The van der Waals surface area contributed by atoms with Gasteiger partial charge in [-0.3, -0.25) is 9.59 Å². The Hall–Kier alpha value is -0.950. The van der Waals surface area contributed by atoms with Crippen LogP contribution >= 0.6 is 0 Å². The van der Waals surface area contributed by atoms with E-state index in [9.17, 15) is 18.0 Å². The average Bonchev–Trinajstić information content (AvgIpc) is 1.82. The third-order valence-corrected chi connectivity index (χ3v) is 2.54. The Kier molecular flexibility index (Phi) is 2.16. The number of hydrogen-bond donors (Lipinski definition) is 1. The maximum Gasteiger partial charge on any atom is 0.333 e. The fraction of sp³-hybridized carbons (Fsp3) is 0.600. The first-order chi connectivity index (χ1) is 5.43. The number of ketones is 1. The second-order valence-corrected chi connectivity index (χ2v) is 4.00. The molecule has 0 aromatic carbocycles. The zero-order valence-electron chi connectivity index (χ0n) is 6.02. The Morgan fingerprint density at radius 1 is 1.42 bits per heavy atom. The van der Waals surface area contributed by atoms with Crippen LogP contribution in [0, 0.1) is 0 Å². The van der Waals surface area contributed by atoms with E-state index >= 15 is 0 Å². The molecule has 1 saturated heterocycles. The van der Waals surface area contributed by atoms with Crippen LogP contribution in [0.15, 0.2) is 0 Å². The van der Waals surface area contributed by atoms with Crippen LogP contribution < -0.4 is 5.14 Å². The van der Waals surface area contributed by atoms with Crippen molar-refractivity contribution in [2.45, 2.75) is 11.7 Å². The molecule has 1 rings (SSSR count). The molecule has 1 aliphatic heterocycles. The standard InChI is InChI=1S/C5H7NO5S/c6-12(9,10)4-3(7)1-2-11-5(4)8/h4H,1-2H2,(H2,6,9,10). The molecule has 0 bridgehead atoms. The topological polar surface area (TPSA) is 104 Å². The fourth-order valence-corrected chi connectivity index (χ4v) is 1.73. The summed E-state index contributed by atoms with van der Waals surface area (Å²) in [6.45, 7) is -0.0658. The highest BCUT2D eigenvalue weighted by Crippen LogP contribution is 2.09. The number of ether oxygens (including phenoxy) is 1. The van der Waals surface area contributed by atoms with Gasteiger partial charge < -0.3 is 4.74 Å². The van der Waals surface area contributed by atoms with Crippen LogP contribution in [0.2, 0.25) is 0 Å². The Balaban J connectivity index is 3.00. The van der Waals surface area contributed by atoms with Crippen LogP contribution in [0.3, 0.4) is 0 Å². The summed E-state index contributed by atoms with van der Waals surface area (Å²) in [5, 5.41) is 2.83. The molecule has 0 spiro atoms. The lowest BCUT2D eigenvalue weighted by Crippen LogP contribution is -2.46. The minimum Gasteiger partial charge on any atom is -0.464 e. The number of rotatable bonds is 1. The van der Waals surface area contributed by atoms with Crippen LogP contribution in [0.25, 0.3) is 0 Å². The smallest absolute Gasteiger partial charge is 0.333 e. The van der Waals surface area contributed by atoms with E-state index in [0.717, 1.165) is 0 Å². The summed E-state index contributed by atoms with van der Waals surface area (Å²) in [4.78, 5) is 21.6. The number of cyclic esters (lactones) is 1. The highest BCUT2D eigenvalue weighted by molar-refractivity contribution is 7.91. The second kappa shape index (κ2) is 2.83. The number of primary sulfonamides is 1. The number of hydrogen-bond acceptors (Lipinski definition) is 5. The van der Waals surface area contributed by atoms with E-state index in [1.54, 1.807) is 0 Å². The lowest BCUT2D eigenvalue weighted by molar-refractivity contribution is -0.150. The van der Waals surface area contributed by atoms with Crippen LogP contribution in [-0.4, -0.2) is 32.0 Å². The van der Waals surface area contributed by atoms with Gasteiger partial charge in [0.25, 0.3) is 0 Å². The van der Waals surface area contributed by atoms with E-state index in [4.69, 9.17) is 0 Å². The quantitative estimate of drug-likeness (QED) is 0.389. The molecule has 68 valence electrons. The van der Waals surface area contributed by atoms with E-state index in [1.807, 2.05) is 0 Å². The van der Waals surface area contributed by atoms with Gasteiger partial charge in [-0.1, -0.05) is 0 Å². The Labute approximate surface area is 68.7 Å². The molecule has 7 heteroatoms. The van der Waals surface area contributed by atoms with Gasteiger partial charge in [-0.2, -0.15) is 0 Å². The van der Waals surface area contributed by atoms with Gasteiger partial charge in [-0.25, -0.2) is 13.6 Å². The van der Waals surface area contributed by atoms with Crippen molar-refractivity contribution in [3.05, 3.63) is 0 Å². The Morgan fingerprint density at radius 3 is 2.33 bits per heavy atom. The van der Waals surface area contributed by atoms with E-state index in [1.165, 1.54) is 0 Å². The molecular weight excluding hydrogens is 186 g/mol. The summed E-state index contributed by atoms with van der Waals surface area (Å²) in [6.07, 6.45) is -0.0904. The molecule has 2 N–H and O–H groups in total. The number of sulfonamides is 1. The van der Waals surface area contributed by atoms with Gasteiger partial charge in [0.15, 0.2) is 5.78 Å². The van der Waals surface area contributed by atoms with Gasteiger partial charge in [0.05, 0.1) is 6.61 Å². The van der Waals surface area contributed by atoms with E-state index in [0.29, 0.717) is 0 Å². The van der Waals surface area contributed by atoms with Crippen molar-refractivity contribution in [1.82, 2.24) is 0 Å². The first-order valence-electron chi connectivity index (χ1n) is 3.14. The second-order valence-electron chi connectivity index (χ2n) is 2.35. The van der Waals surface area contributed by atoms with Crippen molar-refractivity contribution < 1.29 is 22.7 Å². The normalized spacial score (nSPS) is 25.2. The summed E-state index contributed by atoms with van der Waals surface area (Å²) in [6, 6.07) is 0. The number of nitrogens with two attached hydrogens (primary N) is 1. The molecule has 0 saturated carbocycles. The summed E-state index contributed by atoms with van der Waals surface area (Å²) in [5.41, 5.74) is 0. The highest BCUT2D eigenvalue weighted by atomic mass is 32.2. The van der Waals surface area contributed by atoms with Crippen molar-refractivity contribution in [1.29, 1.82) is 0 Å². The fourth-order valence-electron chi connectivity index (χ4n) is 0.908. The minimum atomic E-state index is -4.15. The predicted molar refractivity (Wildman–Crippen MR) is 37.5 cm³/mol. The largest absolute Gasteiger partial charge is 0.464 e. The molecule has 1 aliphatic rings. The number of Topliss-reactive ketones (excluding diaryl/α,β-unsaturated/α-hetero) is 1. The first kappa shape index (κ1) is 9.14. The number of esters is 1.